The Hall–Kier alpha value is -2.14. The first-order valence-corrected chi connectivity index (χ1v) is 11.1. The quantitative estimate of drug-likeness (QED) is 0.227. The Balaban J connectivity index is 0.00000363. The van der Waals surface area contributed by atoms with E-state index in [0.717, 1.165) is 49.6 Å². The number of nitrogens with one attached hydrogen (secondary N) is 2. The number of halogens is 1. The third-order valence-corrected chi connectivity index (χ3v) is 5.24. The predicted molar refractivity (Wildman–Crippen MR) is 137 cm³/mol. The van der Waals surface area contributed by atoms with Gasteiger partial charge in [0.15, 0.2) is 5.96 Å². The smallest absolute Gasteiger partial charge is 0.251 e. The van der Waals surface area contributed by atoms with E-state index in [1.807, 2.05) is 43.7 Å². The molecule has 1 aromatic carbocycles. The number of carbonyl (C=O) groups excluding carboxylic acids is 1. The van der Waals surface area contributed by atoms with Crippen LogP contribution in [-0.2, 0) is 18.3 Å². The number of nitrogens with zero attached hydrogens (tertiary/aromatic N) is 4. The minimum atomic E-state index is -0.0217. The zero-order valence-electron chi connectivity index (χ0n) is 19.2. The lowest BCUT2D eigenvalue weighted by Gasteiger charge is -2.34. The molecule has 3 rings (SSSR count). The van der Waals surface area contributed by atoms with Crippen LogP contribution in [0.3, 0.4) is 0 Å². The van der Waals surface area contributed by atoms with Gasteiger partial charge < -0.3 is 20.3 Å². The molecule has 0 bridgehead atoms. The summed E-state index contributed by atoms with van der Waals surface area (Å²) in [5.74, 6) is 0.854. The molecule has 176 valence electrons. The van der Waals surface area contributed by atoms with Crippen LogP contribution in [0, 0.1) is 0 Å². The summed E-state index contributed by atoms with van der Waals surface area (Å²) in [6, 6.07) is 7.68. The SMILES string of the molecule is CCCCNC(=O)c1ccc(CN=C(NCC)N2CCOC(c3cnn(C)c3)C2)cc1.I. The van der Waals surface area contributed by atoms with Gasteiger partial charge in [-0.1, -0.05) is 25.5 Å². The Labute approximate surface area is 207 Å². The fourth-order valence-corrected chi connectivity index (χ4v) is 3.48. The molecule has 32 heavy (non-hydrogen) atoms. The lowest BCUT2D eigenvalue weighted by atomic mass is 10.1. The number of guanidine groups is 1. The molecule has 8 nitrogen and oxygen atoms in total. The van der Waals surface area contributed by atoms with Crippen molar-refractivity contribution in [1.82, 2.24) is 25.3 Å². The van der Waals surface area contributed by atoms with Crippen molar-refractivity contribution >= 4 is 35.8 Å². The number of hydrogen-bond donors (Lipinski definition) is 2. The number of rotatable bonds is 8. The molecule has 1 fully saturated rings. The molecule has 1 atom stereocenters. The summed E-state index contributed by atoms with van der Waals surface area (Å²) in [6.45, 7) is 8.41. The molecule has 0 spiro atoms. The van der Waals surface area contributed by atoms with Gasteiger partial charge in [0, 0.05) is 44.0 Å². The third kappa shape index (κ3) is 7.47. The Kier molecular flexibility index (Phi) is 10.9. The summed E-state index contributed by atoms with van der Waals surface area (Å²) in [6.07, 6.45) is 5.90. The topological polar surface area (TPSA) is 83.8 Å². The second-order valence-electron chi connectivity index (χ2n) is 7.73. The van der Waals surface area contributed by atoms with Crippen LogP contribution in [0.1, 0.15) is 54.3 Å². The Morgan fingerprint density at radius 3 is 2.69 bits per heavy atom. The Morgan fingerprint density at radius 1 is 1.25 bits per heavy atom. The van der Waals surface area contributed by atoms with E-state index >= 15 is 0 Å². The Bertz CT molecular complexity index is 868. The van der Waals surface area contributed by atoms with E-state index in [0.29, 0.717) is 25.3 Å². The van der Waals surface area contributed by atoms with Crippen LogP contribution in [0.25, 0.3) is 0 Å². The summed E-state index contributed by atoms with van der Waals surface area (Å²) >= 11 is 0. The minimum absolute atomic E-state index is 0. The summed E-state index contributed by atoms with van der Waals surface area (Å²) in [4.78, 5) is 19.2. The van der Waals surface area contributed by atoms with Crippen LogP contribution in [0.5, 0.6) is 0 Å². The summed E-state index contributed by atoms with van der Waals surface area (Å²) in [5.41, 5.74) is 2.83. The highest BCUT2D eigenvalue weighted by Crippen LogP contribution is 2.21. The molecule has 2 heterocycles. The van der Waals surface area contributed by atoms with Gasteiger partial charge >= 0.3 is 0 Å². The molecule has 1 amide bonds. The number of benzene rings is 1. The van der Waals surface area contributed by atoms with E-state index in [2.05, 4.69) is 34.5 Å². The first kappa shape index (κ1) is 26.1. The van der Waals surface area contributed by atoms with Gasteiger partial charge in [-0.2, -0.15) is 5.10 Å². The number of unbranched alkanes of at least 4 members (excludes halogenated alkanes) is 1. The summed E-state index contributed by atoms with van der Waals surface area (Å²) in [7, 11) is 1.91. The zero-order valence-corrected chi connectivity index (χ0v) is 21.5. The standard InChI is InChI=1S/C23H34N6O2.HI/c1-4-6-11-25-22(30)19-9-7-18(8-10-19)14-26-23(24-5-2)29-12-13-31-21(17-29)20-15-27-28(3)16-20;/h7-10,15-16,21H,4-6,11-14,17H2,1-3H3,(H,24,26)(H,25,30);1H. The number of aliphatic imine (C=N–C) groups is 1. The zero-order chi connectivity index (χ0) is 22.1. The maximum atomic E-state index is 12.2. The van der Waals surface area contributed by atoms with Crippen molar-refractivity contribution in [3.8, 4) is 0 Å². The lowest BCUT2D eigenvalue weighted by molar-refractivity contribution is -0.00805. The number of aromatic nitrogens is 2. The van der Waals surface area contributed by atoms with Crippen LogP contribution in [0.15, 0.2) is 41.7 Å². The van der Waals surface area contributed by atoms with E-state index in [-0.39, 0.29) is 36.0 Å². The largest absolute Gasteiger partial charge is 0.370 e. The number of aryl methyl sites for hydroxylation is 1. The first-order valence-electron chi connectivity index (χ1n) is 11.1. The molecule has 1 aliphatic heterocycles. The van der Waals surface area contributed by atoms with Crippen LogP contribution in [0.4, 0.5) is 0 Å². The van der Waals surface area contributed by atoms with Crippen molar-refractivity contribution in [2.75, 3.05) is 32.8 Å². The molecular weight excluding hydrogens is 519 g/mol. The van der Waals surface area contributed by atoms with E-state index in [4.69, 9.17) is 9.73 Å². The highest BCUT2D eigenvalue weighted by Gasteiger charge is 2.25. The number of amides is 1. The van der Waals surface area contributed by atoms with Crippen molar-refractivity contribution in [3.63, 3.8) is 0 Å². The molecule has 0 saturated carbocycles. The molecular formula is C23H35IN6O2. The fraction of sp³-hybridized carbons (Fsp3) is 0.522. The van der Waals surface area contributed by atoms with Gasteiger partial charge in [0.25, 0.3) is 5.91 Å². The second kappa shape index (κ2) is 13.4. The summed E-state index contributed by atoms with van der Waals surface area (Å²) in [5, 5.41) is 10.6. The number of hydrogen-bond acceptors (Lipinski definition) is 4. The number of ether oxygens (including phenoxy) is 1. The van der Waals surface area contributed by atoms with Crippen LogP contribution in [-0.4, -0.2) is 59.3 Å². The highest BCUT2D eigenvalue weighted by molar-refractivity contribution is 14.0. The average Bonchev–Trinajstić information content (AvgIpc) is 3.23. The van der Waals surface area contributed by atoms with E-state index in [9.17, 15) is 4.79 Å². The van der Waals surface area contributed by atoms with Crippen molar-refractivity contribution in [3.05, 3.63) is 53.3 Å². The fourth-order valence-electron chi connectivity index (χ4n) is 3.48. The van der Waals surface area contributed by atoms with Crippen LogP contribution < -0.4 is 10.6 Å². The maximum absolute atomic E-state index is 12.2. The van der Waals surface area contributed by atoms with E-state index in [1.165, 1.54) is 0 Å². The molecule has 1 saturated heterocycles. The average molecular weight is 554 g/mol. The minimum Gasteiger partial charge on any atom is -0.370 e. The lowest BCUT2D eigenvalue weighted by Crippen LogP contribution is -2.48. The highest BCUT2D eigenvalue weighted by atomic mass is 127. The molecule has 1 unspecified atom stereocenters. The number of morpholine rings is 1. The second-order valence-corrected chi connectivity index (χ2v) is 7.73. The van der Waals surface area contributed by atoms with Gasteiger partial charge in [-0.25, -0.2) is 4.99 Å². The van der Waals surface area contributed by atoms with E-state index in [1.54, 1.807) is 4.68 Å². The van der Waals surface area contributed by atoms with Gasteiger partial charge in [-0.3, -0.25) is 9.48 Å². The van der Waals surface area contributed by atoms with E-state index < -0.39 is 0 Å². The van der Waals surface area contributed by atoms with Crippen molar-refractivity contribution < 1.29 is 9.53 Å². The van der Waals surface area contributed by atoms with Gasteiger partial charge in [-0.15, -0.1) is 24.0 Å². The van der Waals surface area contributed by atoms with Crippen molar-refractivity contribution in [2.24, 2.45) is 12.0 Å². The first-order chi connectivity index (χ1) is 15.1. The molecule has 0 aliphatic carbocycles. The van der Waals surface area contributed by atoms with Gasteiger partial charge in [0.2, 0.25) is 0 Å². The number of carbonyl (C=O) groups is 1. The van der Waals surface area contributed by atoms with Gasteiger partial charge in [0.05, 0.1) is 25.9 Å². The molecule has 2 N–H and O–H groups in total. The molecule has 1 aromatic heterocycles. The normalized spacial score (nSPS) is 16.4. The van der Waals surface area contributed by atoms with Gasteiger partial charge in [-0.05, 0) is 31.0 Å². The van der Waals surface area contributed by atoms with Crippen LogP contribution in [0.2, 0.25) is 0 Å². The molecule has 9 heteroatoms. The van der Waals surface area contributed by atoms with Crippen molar-refractivity contribution in [1.29, 1.82) is 0 Å². The maximum Gasteiger partial charge on any atom is 0.251 e. The molecule has 0 radical (unpaired) electrons. The third-order valence-electron chi connectivity index (χ3n) is 5.24. The molecule has 1 aliphatic rings. The van der Waals surface area contributed by atoms with Crippen molar-refractivity contribution in [2.45, 2.75) is 39.3 Å². The summed E-state index contributed by atoms with van der Waals surface area (Å²) < 4.78 is 7.75. The predicted octanol–water partition coefficient (Wildman–Crippen LogP) is 3.11. The molecule has 2 aromatic rings. The van der Waals surface area contributed by atoms with Gasteiger partial charge in [0.1, 0.15) is 6.10 Å². The Morgan fingerprint density at radius 2 is 2.03 bits per heavy atom. The van der Waals surface area contributed by atoms with Crippen LogP contribution >= 0.6 is 24.0 Å². The monoisotopic (exact) mass is 554 g/mol.